The van der Waals surface area contributed by atoms with Crippen LogP contribution in [-0.2, 0) is 22.6 Å². The summed E-state index contributed by atoms with van der Waals surface area (Å²) >= 11 is 13.0. The summed E-state index contributed by atoms with van der Waals surface area (Å²) in [5.74, 6) is -0.0239. The predicted molar refractivity (Wildman–Crippen MR) is 150 cm³/mol. The smallest absolute Gasteiger partial charge is 0.261 e. The van der Waals surface area contributed by atoms with Crippen LogP contribution in [0.4, 0.5) is 0 Å². The van der Waals surface area contributed by atoms with Crippen molar-refractivity contribution in [2.24, 2.45) is 0 Å². The van der Waals surface area contributed by atoms with Crippen LogP contribution in [0.1, 0.15) is 43.0 Å². The molecule has 0 spiro atoms. The average Bonchev–Trinajstić information content (AvgIpc) is 2.83. The minimum absolute atomic E-state index is 0.0582. The maximum absolute atomic E-state index is 13.7. The van der Waals surface area contributed by atoms with E-state index in [1.54, 1.807) is 18.2 Å². The highest BCUT2D eigenvalue weighted by atomic mass is 35.5. The summed E-state index contributed by atoms with van der Waals surface area (Å²) in [5, 5.41) is 3.89. The molecule has 0 radical (unpaired) electrons. The van der Waals surface area contributed by atoms with E-state index < -0.39 is 11.6 Å². The third-order valence-electron chi connectivity index (χ3n) is 6.00. The SMILES string of the molecule is Cc1ccc(OCC(=O)N(Cc2c(Cl)cccc2Cl)[C@@H](Cc2ccccc2)C(=O)NC(C)(C)C)cc1C. The maximum atomic E-state index is 13.7. The van der Waals surface area contributed by atoms with E-state index in [-0.39, 0.29) is 25.0 Å². The van der Waals surface area contributed by atoms with Crippen LogP contribution >= 0.6 is 23.2 Å². The van der Waals surface area contributed by atoms with Gasteiger partial charge in [-0.25, -0.2) is 0 Å². The number of halogens is 2. The second-order valence-electron chi connectivity index (χ2n) is 10.2. The van der Waals surface area contributed by atoms with Gasteiger partial charge < -0.3 is 15.0 Å². The third-order valence-corrected chi connectivity index (χ3v) is 6.71. The minimum atomic E-state index is -0.815. The molecule has 1 atom stereocenters. The summed E-state index contributed by atoms with van der Waals surface area (Å²) in [5.41, 5.74) is 3.21. The fraction of sp³-hybridized carbons (Fsp3) is 0.333. The lowest BCUT2D eigenvalue weighted by Crippen LogP contribution is -2.55. The van der Waals surface area contributed by atoms with Crippen LogP contribution in [-0.4, -0.2) is 34.9 Å². The Balaban J connectivity index is 1.98. The van der Waals surface area contributed by atoms with Crippen molar-refractivity contribution in [2.75, 3.05) is 6.61 Å². The van der Waals surface area contributed by atoms with Gasteiger partial charge in [-0.3, -0.25) is 9.59 Å². The zero-order chi connectivity index (χ0) is 27.2. The van der Waals surface area contributed by atoms with Gasteiger partial charge in [-0.15, -0.1) is 0 Å². The Kier molecular flexibility index (Phi) is 9.63. The van der Waals surface area contributed by atoms with Gasteiger partial charge in [0.15, 0.2) is 6.61 Å². The van der Waals surface area contributed by atoms with E-state index in [0.717, 1.165) is 16.7 Å². The minimum Gasteiger partial charge on any atom is -0.484 e. The maximum Gasteiger partial charge on any atom is 0.261 e. The quantitative estimate of drug-likeness (QED) is 0.335. The molecule has 0 aliphatic heterocycles. The number of hydrogen-bond donors (Lipinski definition) is 1. The molecule has 7 heteroatoms. The number of aryl methyl sites for hydroxylation is 2. The molecule has 0 aromatic heterocycles. The van der Waals surface area contributed by atoms with Crippen LogP contribution in [0.3, 0.4) is 0 Å². The van der Waals surface area contributed by atoms with Gasteiger partial charge in [0.1, 0.15) is 11.8 Å². The second-order valence-corrected chi connectivity index (χ2v) is 11.0. The van der Waals surface area contributed by atoms with E-state index in [0.29, 0.717) is 27.8 Å². The fourth-order valence-electron chi connectivity index (χ4n) is 3.89. The van der Waals surface area contributed by atoms with Gasteiger partial charge in [0.25, 0.3) is 5.91 Å². The van der Waals surface area contributed by atoms with E-state index in [4.69, 9.17) is 27.9 Å². The number of hydrogen-bond acceptors (Lipinski definition) is 3. The Labute approximate surface area is 229 Å². The van der Waals surface area contributed by atoms with E-state index in [1.165, 1.54) is 4.90 Å². The number of benzene rings is 3. The first kappa shape index (κ1) is 28.5. The molecule has 3 rings (SSSR count). The zero-order valence-electron chi connectivity index (χ0n) is 22.0. The van der Waals surface area contributed by atoms with Gasteiger partial charge in [-0.2, -0.15) is 0 Å². The Hall–Kier alpha value is -3.02. The fourth-order valence-corrected chi connectivity index (χ4v) is 4.41. The van der Waals surface area contributed by atoms with E-state index in [1.807, 2.05) is 83.1 Å². The lowest BCUT2D eigenvalue weighted by molar-refractivity contribution is -0.143. The third kappa shape index (κ3) is 8.24. The van der Waals surface area contributed by atoms with Crippen LogP contribution in [0.25, 0.3) is 0 Å². The lowest BCUT2D eigenvalue weighted by atomic mass is 10.0. The summed E-state index contributed by atoms with van der Waals surface area (Å²) in [6.07, 6.45) is 0.320. The molecule has 37 heavy (non-hydrogen) atoms. The van der Waals surface area contributed by atoms with E-state index in [2.05, 4.69) is 5.32 Å². The number of carbonyl (C=O) groups excluding carboxylic acids is 2. The van der Waals surface area contributed by atoms with Crippen LogP contribution in [0.2, 0.25) is 10.0 Å². The van der Waals surface area contributed by atoms with E-state index in [9.17, 15) is 9.59 Å². The molecule has 0 heterocycles. The number of carbonyl (C=O) groups is 2. The molecule has 0 saturated carbocycles. The van der Waals surface area contributed by atoms with Crippen molar-refractivity contribution in [1.82, 2.24) is 10.2 Å². The summed E-state index contributed by atoms with van der Waals surface area (Å²) in [6, 6.07) is 19.7. The largest absolute Gasteiger partial charge is 0.484 e. The molecule has 0 saturated heterocycles. The van der Waals surface area contributed by atoms with E-state index >= 15 is 0 Å². The first-order valence-corrected chi connectivity index (χ1v) is 13.0. The molecule has 3 aromatic carbocycles. The summed E-state index contributed by atoms with van der Waals surface area (Å²) in [6.45, 7) is 9.55. The van der Waals surface area contributed by atoms with Gasteiger partial charge in [-0.05, 0) is 75.6 Å². The Morgan fingerprint density at radius 3 is 2.16 bits per heavy atom. The Morgan fingerprint density at radius 2 is 1.57 bits per heavy atom. The highest BCUT2D eigenvalue weighted by Crippen LogP contribution is 2.27. The number of nitrogens with one attached hydrogen (secondary N) is 1. The molecule has 0 unspecified atom stereocenters. The van der Waals surface area contributed by atoms with Gasteiger partial charge >= 0.3 is 0 Å². The molecule has 1 N–H and O–H groups in total. The topological polar surface area (TPSA) is 58.6 Å². The monoisotopic (exact) mass is 540 g/mol. The van der Waals surface area contributed by atoms with Gasteiger partial charge in [-0.1, -0.05) is 65.7 Å². The average molecular weight is 542 g/mol. The molecule has 3 aromatic rings. The number of amides is 2. The Morgan fingerprint density at radius 1 is 0.919 bits per heavy atom. The standard InChI is InChI=1S/C30H34Cl2N2O3/c1-20-14-15-23(16-21(20)2)37-19-28(35)34(18-24-25(31)12-9-13-26(24)32)27(29(36)33-30(3,4)5)17-22-10-7-6-8-11-22/h6-16,27H,17-19H2,1-5H3,(H,33,36)/t27-/m0/s1. The van der Waals surface area contributed by atoms with Crippen molar-refractivity contribution < 1.29 is 14.3 Å². The van der Waals surface area contributed by atoms with Gasteiger partial charge in [0, 0.05) is 34.1 Å². The molecule has 0 fully saturated rings. The molecule has 2 amide bonds. The second kappa shape index (κ2) is 12.5. The number of nitrogens with zero attached hydrogens (tertiary/aromatic N) is 1. The van der Waals surface area contributed by atoms with Crippen molar-refractivity contribution >= 4 is 35.0 Å². The highest BCUT2D eigenvalue weighted by molar-refractivity contribution is 6.36. The predicted octanol–water partition coefficient (Wildman–Crippen LogP) is 6.54. The van der Waals surface area contributed by atoms with Crippen molar-refractivity contribution in [3.05, 3.63) is 99.0 Å². The molecular weight excluding hydrogens is 507 g/mol. The Bertz CT molecular complexity index is 1220. The van der Waals surface area contributed by atoms with Crippen LogP contribution in [0.5, 0.6) is 5.75 Å². The summed E-state index contributed by atoms with van der Waals surface area (Å²) in [4.78, 5) is 28.9. The van der Waals surface area contributed by atoms with Crippen LogP contribution in [0, 0.1) is 13.8 Å². The zero-order valence-corrected chi connectivity index (χ0v) is 23.5. The molecule has 0 aliphatic rings. The van der Waals surface area contributed by atoms with Crippen LogP contribution in [0.15, 0.2) is 66.7 Å². The molecule has 5 nitrogen and oxygen atoms in total. The van der Waals surface area contributed by atoms with Crippen molar-refractivity contribution in [3.8, 4) is 5.75 Å². The van der Waals surface area contributed by atoms with Crippen molar-refractivity contribution in [1.29, 1.82) is 0 Å². The molecule has 0 aliphatic carbocycles. The molecule has 0 bridgehead atoms. The van der Waals surface area contributed by atoms with Gasteiger partial charge in [0.2, 0.25) is 5.91 Å². The summed E-state index contributed by atoms with van der Waals surface area (Å²) in [7, 11) is 0. The first-order valence-electron chi connectivity index (χ1n) is 12.2. The molecular formula is C30H34Cl2N2O3. The summed E-state index contributed by atoms with van der Waals surface area (Å²) < 4.78 is 5.87. The first-order chi connectivity index (χ1) is 17.4. The van der Waals surface area contributed by atoms with Crippen LogP contribution < -0.4 is 10.1 Å². The van der Waals surface area contributed by atoms with Crippen molar-refractivity contribution in [3.63, 3.8) is 0 Å². The lowest BCUT2D eigenvalue weighted by Gasteiger charge is -2.34. The van der Waals surface area contributed by atoms with Crippen molar-refractivity contribution in [2.45, 2.75) is 59.2 Å². The number of ether oxygens (including phenoxy) is 1. The van der Waals surface area contributed by atoms with Gasteiger partial charge in [0.05, 0.1) is 0 Å². The molecule has 196 valence electrons. The highest BCUT2D eigenvalue weighted by Gasteiger charge is 2.33. The normalized spacial score (nSPS) is 12.1. The number of rotatable bonds is 9.